The lowest BCUT2D eigenvalue weighted by atomic mass is 10.1. The Kier molecular flexibility index (Phi) is 62.6. The normalized spacial score (nSPS) is 15.0. The van der Waals surface area contributed by atoms with Crippen molar-refractivity contribution in [2.24, 2.45) is 0 Å². The van der Waals surface area contributed by atoms with Crippen LogP contribution in [0.3, 0.4) is 0 Å². The van der Waals surface area contributed by atoms with Crippen molar-refractivity contribution in [2.75, 3.05) is 39.6 Å². The molecule has 0 aliphatic heterocycles. The molecule has 18 heteroatoms. The molecule has 0 aromatic heterocycles. The fraction of sp³-hybridized carbons (Fsp3) is 0.658. The number of hydrogen-bond acceptors (Lipinski definition) is 14. The molecule has 0 saturated carbocycles. The molecule has 0 aromatic rings. The van der Waals surface area contributed by atoms with E-state index >= 15 is 0 Å². The Morgan fingerprint density at radius 2 is 0.582 bits per heavy atom. The van der Waals surface area contributed by atoms with Crippen LogP contribution in [-0.2, 0) is 55.8 Å². The topological polar surface area (TPSA) is 231 Å². The lowest BCUT2D eigenvalue weighted by molar-refractivity contribution is -0.161. The molecular formula is C73H122O16P2. The van der Waals surface area contributed by atoms with Crippen LogP contribution in [0.25, 0.3) is 0 Å². The van der Waals surface area contributed by atoms with Gasteiger partial charge in [-0.3, -0.25) is 32.5 Å². The minimum absolute atomic E-state index is 0.0812. The number of hydrogen-bond donors (Lipinski definition) is 4. The van der Waals surface area contributed by atoms with Crippen molar-refractivity contribution in [3.8, 4) is 0 Å². The van der Waals surface area contributed by atoms with Gasteiger partial charge in [-0.1, -0.05) is 238 Å². The first-order valence-electron chi connectivity index (χ1n) is 34.5. The number of aliphatic hydroxyl groups is 2. The second-order valence-corrected chi connectivity index (χ2v) is 25.5. The molecule has 0 heterocycles. The van der Waals surface area contributed by atoms with Crippen molar-refractivity contribution in [2.45, 2.75) is 270 Å². The van der Waals surface area contributed by atoms with Crippen molar-refractivity contribution in [3.63, 3.8) is 0 Å². The maximum atomic E-state index is 12.9. The Bertz CT molecular complexity index is 2190. The highest BCUT2D eigenvalue weighted by molar-refractivity contribution is 7.47. The van der Waals surface area contributed by atoms with Gasteiger partial charge in [-0.2, -0.15) is 0 Å². The minimum atomic E-state index is -4.93. The summed E-state index contributed by atoms with van der Waals surface area (Å²) >= 11 is 0. The highest BCUT2D eigenvalue weighted by Crippen LogP contribution is 2.45. The van der Waals surface area contributed by atoms with Gasteiger partial charge in [0.15, 0.2) is 6.10 Å². The van der Waals surface area contributed by atoms with E-state index in [1.807, 2.05) is 0 Å². The Labute approximate surface area is 550 Å². The molecule has 0 rings (SSSR count). The van der Waals surface area contributed by atoms with Crippen LogP contribution in [0.5, 0.6) is 0 Å². The second-order valence-electron chi connectivity index (χ2n) is 22.6. The first-order valence-corrected chi connectivity index (χ1v) is 37.5. The summed E-state index contributed by atoms with van der Waals surface area (Å²) in [6, 6.07) is 0. The van der Waals surface area contributed by atoms with Crippen LogP contribution < -0.4 is 0 Å². The minimum Gasteiger partial charge on any atom is -0.463 e. The van der Waals surface area contributed by atoms with Crippen molar-refractivity contribution < 1.29 is 75.8 Å². The van der Waals surface area contributed by atoms with Crippen LogP contribution in [0.2, 0.25) is 0 Å². The third-order valence-corrected chi connectivity index (χ3v) is 15.7. The summed E-state index contributed by atoms with van der Waals surface area (Å²) in [5.41, 5.74) is 0. The van der Waals surface area contributed by atoms with Crippen LogP contribution in [0, 0.1) is 0 Å². The van der Waals surface area contributed by atoms with Crippen molar-refractivity contribution in [1.82, 2.24) is 0 Å². The molecule has 4 N–H and O–H groups in total. The molecule has 0 fully saturated rings. The Hall–Kier alpha value is -4.31. The van der Waals surface area contributed by atoms with Gasteiger partial charge < -0.3 is 34.2 Å². The molecule has 0 saturated heterocycles. The molecule has 0 spiro atoms. The number of allylic oxidation sites excluding steroid dienone is 22. The lowest BCUT2D eigenvalue weighted by Crippen LogP contribution is -2.30. The predicted molar refractivity (Wildman–Crippen MR) is 371 cm³/mol. The van der Waals surface area contributed by atoms with E-state index in [9.17, 15) is 43.5 Å². The summed E-state index contributed by atoms with van der Waals surface area (Å²) in [6.45, 7) is 2.31. The predicted octanol–water partition coefficient (Wildman–Crippen LogP) is 19.2. The number of unbranched alkanes of at least 4 members (excludes halogenated alkanes) is 19. The van der Waals surface area contributed by atoms with E-state index in [1.54, 1.807) is 0 Å². The van der Waals surface area contributed by atoms with Gasteiger partial charge in [0.25, 0.3) is 0 Å². The van der Waals surface area contributed by atoms with Crippen LogP contribution in [0.4, 0.5) is 0 Å². The fourth-order valence-electron chi connectivity index (χ4n) is 8.62. The smallest absolute Gasteiger partial charge is 0.463 e. The van der Waals surface area contributed by atoms with E-state index in [4.69, 9.17) is 32.3 Å². The van der Waals surface area contributed by atoms with E-state index in [0.29, 0.717) is 19.3 Å². The van der Waals surface area contributed by atoms with E-state index in [-0.39, 0.29) is 19.3 Å². The standard InChI is InChI=1S/C73H122O16P2/c1-4-7-10-13-16-19-22-25-27-28-29-30-31-32-33-34-35-36-37-38-40-43-44-47-50-53-56-59-71(76)83-62-68(74)63-85-90(79,80)86-64-69(75)65-87-91(81,82)88-67-70(89-73(78)61-58-55-52-49-46-41-24-21-18-15-12-9-6-3)66-84-72(77)60-57-54-51-48-45-42-39-26-23-20-17-14-11-8-5-2/h7-8,10-12,15-17,19-21,24-27,29-30,32-33,35-36,39,68-70,74-75H,4-6,9,13-14,18,22-23,28,31,34,37-38,40-67H2,1-3H3,(H,79,80)(H,81,82)/b10-7-,11-8-,15-12-,19-16-,20-17-,24-21-,27-25-,30-29-,33-32-,36-35-,39-26-. The number of rotatable bonds is 64. The number of ether oxygens (including phenoxy) is 3. The molecule has 0 aliphatic rings. The summed E-state index contributed by atoms with van der Waals surface area (Å²) in [5, 5.41) is 20.5. The molecule has 0 bridgehead atoms. The maximum Gasteiger partial charge on any atom is 0.472 e. The summed E-state index contributed by atoms with van der Waals surface area (Å²) in [4.78, 5) is 58.3. The number of phosphoric ester groups is 2. The van der Waals surface area contributed by atoms with Gasteiger partial charge in [0.05, 0.1) is 26.4 Å². The summed E-state index contributed by atoms with van der Waals surface area (Å²) in [5.74, 6) is -1.63. The van der Waals surface area contributed by atoms with Gasteiger partial charge in [0, 0.05) is 19.3 Å². The molecule has 520 valence electrons. The number of esters is 3. The van der Waals surface area contributed by atoms with Gasteiger partial charge in [-0.05, 0) is 128 Å². The van der Waals surface area contributed by atoms with E-state index < -0.39 is 91.5 Å². The molecule has 0 amide bonds. The van der Waals surface area contributed by atoms with E-state index in [2.05, 4.69) is 154 Å². The van der Waals surface area contributed by atoms with Crippen molar-refractivity contribution >= 4 is 33.6 Å². The molecule has 0 radical (unpaired) electrons. The Morgan fingerprint density at radius 3 is 0.923 bits per heavy atom. The fourth-order valence-corrected chi connectivity index (χ4v) is 10.2. The first kappa shape index (κ1) is 86.7. The van der Waals surface area contributed by atoms with Crippen LogP contribution in [0.15, 0.2) is 134 Å². The van der Waals surface area contributed by atoms with Gasteiger partial charge in [-0.25, -0.2) is 9.13 Å². The molecule has 0 aromatic carbocycles. The van der Waals surface area contributed by atoms with Gasteiger partial charge >= 0.3 is 33.6 Å². The quantitative estimate of drug-likeness (QED) is 0.0146. The number of carbonyl (C=O) groups is 3. The molecule has 16 nitrogen and oxygen atoms in total. The van der Waals surface area contributed by atoms with Crippen LogP contribution in [0.1, 0.15) is 252 Å². The van der Waals surface area contributed by atoms with E-state index in [1.165, 1.54) is 19.3 Å². The molecule has 91 heavy (non-hydrogen) atoms. The summed E-state index contributed by atoms with van der Waals surface area (Å²) in [7, 11) is -9.79. The molecule has 5 unspecified atom stereocenters. The lowest BCUT2D eigenvalue weighted by Gasteiger charge is -2.21. The second kappa shape index (κ2) is 65.7. The zero-order valence-electron chi connectivity index (χ0n) is 56.2. The highest BCUT2D eigenvalue weighted by Gasteiger charge is 2.29. The molecule has 5 atom stereocenters. The van der Waals surface area contributed by atoms with Crippen LogP contribution >= 0.6 is 15.6 Å². The monoisotopic (exact) mass is 1320 g/mol. The third kappa shape index (κ3) is 66.9. The Morgan fingerprint density at radius 1 is 0.319 bits per heavy atom. The highest BCUT2D eigenvalue weighted by atomic mass is 31.2. The zero-order valence-corrected chi connectivity index (χ0v) is 58.0. The number of carbonyl (C=O) groups excluding carboxylic acids is 3. The average Bonchev–Trinajstić information content (AvgIpc) is 3.70. The average molecular weight is 1320 g/mol. The van der Waals surface area contributed by atoms with Gasteiger partial charge in [0.1, 0.15) is 25.4 Å². The maximum absolute atomic E-state index is 12.9. The molecular weight excluding hydrogens is 1190 g/mol. The summed E-state index contributed by atoms with van der Waals surface area (Å²) in [6.07, 6.45) is 76.6. The van der Waals surface area contributed by atoms with Crippen LogP contribution in [-0.4, -0.2) is 95.9 Å². The van der Waals surface area contributed by atoms with E-state index in [0.717, 1.165) is 173 Å². The van der Waals surface area contributed by atoms with Gasteiger partial charge in [0.2, 0.25) is 0 Å². The first-order chi connectivity index (χ1) is 44.2. The summed E-state index contributed by atoms with van der Waals surface area (Å²) < 4.78 is 60.8. The zero-order chi connectivity index (χ0) is 66.7. The van der Waals surface area contributed by atoms with Gasteiger partial charge in [-0.15, -0.1) is 0 Å². The van der Waals surface area contributed by atoms with Crippen molar-refractivity contribution in [1.29, 1.82) is 0 Å². The molecule has 0 aliphatic carbocycles. The third-order valence-electron chi connectivity index (χ3n) is 13.8. The number of phosphoric acid groups is 2. The largest absolute Gasteiger partial charge is 0.472 e. The number of aliphatic hydroxyl groups excluding tert-OH is 2. The SMILES string of the molecule is CC/C=C\C/C=C\C/C=C\C/C=C\C/C=C\C/C=C\CCCCCCCCCCC(=O)OCC(O)COP(=O)(O)OCC(O)COP(=O)(O)OCC(COC(=O)CCCCCCC/C=C\C/C=C\C/C=C\CC)OC(=O)CCCCCCC/C=C\C/C=C\CCC. The van der Waals surface area contributed by atoms with Crippen molar-refractivity contribution in [3.05, 3.63) is 134 Å². The Balaban J connectivity index is 4.54.